The second kappa shape index (κ2) is 2.80. The summed E-state index contributed by atoms with van der Waals surface area (Å²) in [5.74, 6) is -0.168. The Morgan fingerprint density at radius 3 is 2.69 bits per heavy atom. The number of pyridine rings is 1. The second-order valence-electron chi connectivity index (χ2n) is 3.25. The van der Waals surface area contributed by atoms with E-state index in [0.29, 0.717) is 5.56 Å². The van der Waals surface area contributed by atoms with Gasteiger partial charge in [0.2, 0.25) is 0 Å². The summed E-state index contributed by atoms with van der Waals surface area (Å²) in [4.78, 5) is 4.31. The lowest BCUT2D eigenvalue weighted by Crippen LogP contribution is -1.87. The normalized spacial score (nSPS) is 10.7. The van der Waals surface area contributed by atoms with E-state index in [4.69, 9.17) is 0 Å². The van der Waals surface area contributed by atoms with E-state index >= 15 is 0 Å². The van der Waals surface area contributed by atoms with E-state index in [0.717, 1.165) is 16.6 Å². The number of aryl methyl sites for hydroxylation is 2. The highest BCUT2D eigenvalue weighted by molar-refractivity contribution is 5.79. The monoisotopic (exact) mass is 175 g/mol. The lowest BCUT2D eigenvalue weighted by molar-refractivity contribution is 0.620. The van der Waals surface area contributed by atoms with E-state index in [1.807, 2.05) is 19.1 Å². The molecule has 0 atom stereocenters. The lowest BCUT2D eigenvalue weighted by Gasteiger charge is -2.01. The van der Waals surface area contributed by atoms with Crippen molar-refractivity contribution in [2.24, 2.45) is 0 Å². The highest BCUT2D eigenvalue weighted by Crippen LogP contribution is 2.17. The number of halogens is 1. The lowest BCUT2D eigenvalue weighted by atomic mass is 10.1. The van der Waals surface area contributed by atoms with E-state index in [-0.39, 0.29) is 5.82 Å². The molecule has 2 aromatic rings. The fourth-order valence-corrected chi connectivity index (χ4v) is 1.35. The largest absolute Gasteiger partial charge is 0.253 e. The fourth-order valence-electron chi connectivity index (χ4n) is 1.35. The summed E-state index contributed by atoms with van der Waals surface area (Å²) in [5.41, 5.74) is 2.46. The number of rotatable bonds is 0. The molecule has 0 bridgehead atoms. The molecule has 13 heavy (non-hydrogen) atoms. The van der Waals surface area contributed by atoms with Crippen LogP contribution in [0, 0.1) is 19.7 Å². The van der Waals surface area contributed by atoms with Gasteiger partial charge in [0.1, 0.15) is 5.82 Å². The minimum Gasteiger partial charge on any atom is -0.253 e. The van der Waals surface area contributed by atoms with Gasteiger partial charge in [-0.15, -0.1) is 0 Å². The van der Waals surface area contributed by atoms with Crippen LogP contribution >= 0.6 is 0 Å². The van der Waals surface area contributed by atoms with Gasteiger partial charge in [0.15, 0.2) is 0 Å². The minimum atomic E-state index is -0.168. The van der Waals surface area contributed by atoms with E-state index in [9.17, 15) is 4.39 Å². The van der Waals surface area contributed by atoms with Crippen molar-refractivity contribution in [1.82, 2.24) is 4.98 Å². The van der Waals surface area contributed by atoms with Gasteiger partial charge in [0.05, 0.1) is 5.52 Å². The van der Waals surface area contributed by atoms with Crippen LogP contribution in [-0.4, -0.2) is 4.98 Å². The summed E-state index contributed by atoms with van der Waals surface area (Å²) >= 11 is 0. The molecule has 0 radical (unpaired) electrons. The van der Waals surface area contributed by atoms with Gasteiger partial charge in [-0.2, -0.15) is 0 Å². The summed E-state index contributed by atoms with van der Waals surface area (Å²) in [6.07, 6.45) is 0. The van der Waals surface area contributed by atoms with Crippen LogP contribution in [0.25, 0.3) is 10.9 Å². The molecule has 0 aliphatic carbocycles. The maximum atomic E-state index is 13.1. The maximum Gasteiger partial charge on any atom is 0.126 e. The number of hydrogen-bond donors (Lipinski definition) is 0. The summed E-state index contributed by atoms with van der Waals surface area (Å²) in [6, 6.07) is 7.08. The third kappa shape index (κ3) is 1.39. The van der Waals surface area contributed by atoms with Gasteiger partial charge < -0.3 is 0 Å². The van der Waals surface area contributed by atoms with Gasteiger partial charge in [0.25, 0.3) is 0 Å². The molecule has 0 N–H and O–H groups in total. The predicted molar refractivity (Wildman–Crippen MR) is 51.2 cm³/mol. The molecule has 1 aromatic carbocycles. The van der Waals surface area contributed by atoms with Crippen LogP contribution in [0.5, 0.6) is 0 Å². The van der Waals surface area contributed by atoms with Gasteiger partial charge in [-0.05, 0) is 37.6 Å². The number of nitrogens with zero attached hydrogens (tertiary/aromatic N) is 1. The van der Waals surface area contributed by atoms with Crippen molar-refractivity contribution in [3.63, 3.8) is 0 Å². The topological polar surface area (TPSA) is 12.9 Å². The Kier molecular flexibility index (Phi) is 1.76. The fraction of sp³-hybridized carbons (Fsp3) is 0.182. The highest BCUT2D eigenvalue weighted by atomic mass is 19.1. The summed E-state index contributed by atoms with van der Waals surface area (Å²) in [5, 5.41) is 0.855. The molecule has 0 unspecified atom stereocenters. The standard InChI is InChI=1S/C11H10FN/c1-7-5-11-9(6-10(7)12)4-3-8(2)13-11/h3-6H,1-2H3. The molecule has 2 heteroatoms. The quantitative estimate of drug-likeness (QED) is 0.599. The minimum absolute atomic E-state index is 0.168. The molecule has 0 saturated heterocycles. The van der Waals surface area contributed by atoms with Gasteiger partial charge in [-0.1, -0.05) is 6.07 Å². The smallest absolute Gasteiger partial charge is 0.126 e. The van der Waals surface area contributed by atoms with Crippen molar-refractivity contribution < 1.29 is 4.39 Å². The molecule has 2 rings (SSSR count). The zero-order valence-electron chi connectivity index (χ0n) is 7.63. The Balaban J connectivity index is 2.81. The van der Waals surface area contributed by atoms with Crippen molar-refractivity contribution >= 4 is 10.9 Å². The number of hydrogen-bond acceptors (Lipinski definition) is 1. The van der Waals surface area contributed by atoms with Crippen LogP contribution in [-0.2, 0) is 0 Å². The maximum absolute atomic E-state index is 13.1. The predicted octanol–water partition coefficient (Wildman–Crippen LogP) is 2.99. The zero-order valence-corrected chi connectivity index (χ0v) is 7.63. The average Bonchev–Trinajstić information content (AvgIpc) is 2.08. The van der Waals surface area contributed by atoms with Crippen molar-refractivity contribution in [2.75, 3.05) is 0 Å². The van der Waals surface area contributed by atoms with Gasteiger partial charge in [-0.3, -0.25) is 4.98 Å². The molecule has 0 spiro atoms. The van der Waals surface area contributed by atoms with Crippen LogP contribution in [0.15, 0.2) is 24.3 Å². The molecule has 1 heterocycles. The van der Waals surface area contributed by atoms with Crippen LogP contribution in [0.1, 0.15) is 11.3 Å². The summed E-state index contributed by atoms with van der Waals surface area (Å²) in [6.45, 7) is 3.68. The first-order chi connectivity index (χ1) is 6.16. The van der Waals surface area contributed by atoms with Crippen molar-refractivity contribution in [3.8, 4) is 0 Å². The first kappa shape index (κ1) is 8.17. The Morgan fingerprint density at radius 2 is 1.92 bits per heavy atom. The zero-order chi connectivity index (χ0) is 9.42. The third-order valence-corrected chi connectivity index (χ3v) is 2.11. The second-order valence-corrected chi connectivity index (χ2v) is 3.25. The van der Waals surface area contributed by atoms with Crippen LogP contribution in [0.3, 0.4) is 0 Å². The first-order valence-electron chi connectivity index (χ1n) is 4.20. The van der Waals surface area contributed by atoms with E-state index in [2.05, 4.69) is 4.98 Å². The Morgan fingerprint density at radius 1 is 1.15 bits per heavy atom. The molecule has 66 valence electrons. The summed E-state index contributed by atoms with van der Waals surface area (Å²) in [7, 11) is 0. The number of fused-ring (bicyclic) bond motifs is 1. The summed E-state index contributed by atoms with van der Waals surface area (Å²) < 4.78 is 13.1. The van der Waals surface area contributed by atoms with Crippen molar-refractivity contribution in [1.29, 1.82) is 0 Å². The Hall–Kier alpha value is -1.44. The van der Waals surface area contributed by atoms with Gasteiger partial charge >= 0.3 is 0 Å². The van der Waals surface area contributed by atoms with E-state index < -0.39 is 0 Å². The Bertz CT molecular complexity index is 463. The van der Waals surface area contributed by atoms with E-state index in [1.54, 1.807) is 13.0 Å². The molecule has 0 amide bonds. The van der Waals surface area contributed by atoms with Gasteiger partial charge in [0, 0.05) is 11.1 Å². The molecule has 1 nitrogen and oxygen atoms in total. The van der Waals surface area contributed by atoms with Crippen LogP contribution in [0.2, 0.25) is 0 Å². The first-order valence-corrected chi connectivity index (χ1v) is 4.20. The highest BCUT2D eigenvalue weighted by Gasteiger charge is 2.01. The van der Waals surface area contributed by atoms with Crippen molar-refractivity contribution in [3.05, 3.63) is 41.3 Å². The van der Waals surface area contributed by atoms with Crippen LogP contribution < -0.4 is 0 Å². The molecule has 0 aliphatic rings. The number of benzene rings is 1. The molecule has 0 fully saturated rings. The van der Waals surface area contributed by atoms with Gasteiger partial charge in [-0.25, -0.2) is 4.39 Å². The van der Waals surface area contributed by atoms with E-state index in [1.165, 1.54) is 6.07 Å². The molecule has 1 aromatic heterocycles. The molecular weight excluding hydrogens is 165 g/mol. The molecular formula is C11H10FN. The molecule has 0 saturated carbocycles. The van der Waals surface area contributed by atoms with Crippen molar-refractivity contribution in [2.45, 2.75) is 13.8 Å². The SMILES string of the molecule is Cc1ccc2cc(F)c(C)cc2n1. The Labute approximate surface area is 76.2 Å². The average molecular weight is 175 g/mol. The number of aromatic nitrogens is 1. The van der Waals surface area contributed by atoms with Crippen LogP contribution in [0.4, 0.5) is 4.39 Å². The third-order valence-electron chi connectivity index (χ3n) is 2.11. The molecule has 0 aliphatic heterocycles.